The normalized spacial score (nSPS) is 49.9. The van der Waals surface area contributed by atoms with Gasteiger partial charge >= 0.3 is 0 Å². The maximum absolute atomic E-state index is 14.7. The molecule has 4 saturated carbocycles. The molecule has 5 aliphatic carbocycles. The average Bonchev–Trinajstić information content (AvgIpc) is 3.32. The first kappa shape index (κ1) is 34.3. The van der Waals surface area contributed by atoms with Crippen molar-refractivity contribution in [2.45, 2.75) is 144 Å². The fourth-order valence-electron chi connectivity index (χ4n) is 12.7. The van der Waals surface area contributed by atoms with Gasteiger partial charge in [-0.3, -0.25) is 14.4 Å². The summed E-state index contributed by atoms with van der Waals surface area (Å²) in [5.41, 5.74) is -1.35. The van der Waals surface area contributed by atoms with E-state index in [0.717, 1.165) is 57.9 Å². The molecule has 0 spiro atoms. The average molecular weight is 630 g/mol. The summed E-state index contributed by atoms with van der Waals surface area (Å²) in [6.45, 7) is 18.6. The largest absolute Gasteiger partial charge is 0.382 e. The van der Waals surface area contributed by atoms with Gasteiger partial charge in [-0.25, -0.2) is 0 Å². The van der Waals surface area contributed by atoms with Crippen LogP contribution < -0.4 is 0 Å². The van der Waals surface area contributed by atoms with Crippen LogP contribution in [0.1, 0.15) is 132 Å². The molecule has 0 aromatic heterocycles. The Balaban J connectivity index is 0.00000384. The number of likely N-dealkylation sites (tertiary alicyclic amines) is 1. The van der Waals surface area contributed by atoms with Gasteiger partial charge in [-0.1, -0.05) is 54.0 Å². The van der Waals surface area contributed by atoms with Gasteiger partial charge in [0, 0.05) is 29.2 Å². The van der Waals surface area contributed by atoms with Crippen LogP contribution in [0.15, 0.2) is 11.6 Å². The Morgan fingerprint density at radius 1 is 0.932 bits per heavy atom. The minimum absolute atomic E-state index is 0. The Morgan fingerprint density at radius 3 is 2.20 bits per heavy atom. The maximum atomic E-state index is 14.7. The summed E-state index contributed by atoms with van der Waals surface area (Å²) in [6, 6.07) is 0.376. The van der Waals surface area contributed by atoms with Gasteiger partial charge in [0.1, 0.15) is 11.4 Å². The van der Waals surface area contributed by atoms with Gasteiger partial charge < -0.3 is 10.0 Å². The Labute approximate surface area is 273 Å². The second-order valence-electron chi connectivity index (χ2n) is 18.3. The number of rotatable bonds is 4. The molecule has 3 unspecified atom stereocenters. The number of aliphatic hydroxyl groups is 1. The van der Waals surface area contributed by atoms with E-state index >= 15 is 0 Å². The van der Waals surface area contributed by atoms with Crippen molar-refractivity contribution in [3.05, 3.63) is 11.6 Å². The molecule has 1 heterocycles. The third-order valence-corrected chi connectivity index (χ3v) is 16.2. The molecule has 248 valence electrons. The van der Waals surface area contributed by atoms with Gasteiger partial charge in [0.25, 0.3) is 0 Å². The molecule has 10 atom stereocenters. The van der Waals surface area contributed by atoms with Crippen molar-refractivity contribution in [3.63, 3.8) is 0 Å². The Kier molecular flexibility index (Phi) is 8.17. The van der Waals surface area contributed by atoms with E-state index in [1.54, 1.807) is 0 Å². The standard InChI is InChI=1S/C38H59NO4.ClH/c1-24(40)38(43)19-17-35(6)29(32(38,2)3)12-13-37(8)31(35)28(41)22-26-27-23-34(5,30(42)21-25-11-10-20-39(25)9)15-14-33(27,4)16-18-36(26,37)7;/h22,25,27,29,31,43H,10-21,23H2,1-9H3;1H/t25?,27-,29?,31?,33-,34+,35+,36-,37-,38-;/m1./s1. The van der Waals surface area contributed by atoms with Crippen molar-refractivity contribution in [2.75, 3.05) is 13.6 Å². The zero-order chi connectivity index (χ0) is 31.6. The van der Waals surface area contributed by atoms with Gasteiger partial charge in [0.15, 0.2) is 11.6 Å². The molecule has 6 rings (SSSR count). The highest BCUT2D eigenvalue weighted by molar-refractivity contribution is 5.96. The number of hydrogen-bond acceptors (Lipinski definition) is 5. The molecule has 44 heavy (non-hydrogen) atoms. The van der Waals surface area contributed by atoms with Crippen molar-refractivity contribution < 1.29 is 19.5 Å². The zero-order valence-corrected chi connectivity index (χ0v) is 29.9. The highest BCUT2D eigenvalue weighted by Crippen LogP contribution is 2.75. The van der Waals surface area contributed by atoms with E-state index in [1.807, 2.05) is 0 Å². The molecular weight excluding hydrogens is 570 g/mol. The summed E-state index contributed by atoms with van der Waals surface area (Å²) in [6.07, 6.45) is 13.2. The number of Topliss-reactive ketones (excluding diaryl/α,β-unsaturated/α-hetero) is 2. The number of nitrogens with zero attached hydrogens (tertiary/aromatic N) is 1. The number of hydrogen-bond donors (Lipinski definition) is 1. The van der Waals surface area contributed by atoms with Gasteiger partial charge in [0.05, 0.1) is 0 Å². The number of ketones is 3. The number of carbonyl (C=O) groups is 3. The molecule has 1 saturated heterocycles. The third-order valence-electron chi connectivity index (χ3n) is 16.2. The molecule has 1 aliphatic heterocycles. The lowest BCUT2D eigenvalue weighted by molar-refractivity contribution is -0.226. The summed E-state index contributed by atoms with van der Waals surface area (Å²) >= 11 is 0. The predicted octanol–water partition coefficient (Wildman–Crippen LogP) is 7.76. The lowest BCUT2D eigenvalue weighted by atomic mass is 9.32. The SMILES string of the molecule is CC(=O)[C@]1(O)CC[C@@]2(C)C(CC[C@]3(C)C2C(=O)C=C2[C@H]4C[C@@](C)(C(=O)CC5CCCN5C)CC[C@]4(C)CC[C@]23C)C1(C)C.Cl. The van der Waals surface area contributed by atoms with Crippen molar-refractivity contribution >= 4 is 29.8 Å². The Morgan fingerprint density at radius 2 is 1.59 bits per heavy atom. The quantitative estimate of drug-likeness (QED) is 0.344. The van der Waals surface area contributed by atoms with Crippen LogP contribution in [0.25, 0.3) is 0 Å². The first-order valence-corrected chi connectivity index (χ1v) is 17.5. The van der Waals surface area contributed by atoms with E-state index in [9.17, 15) is 19.5 Å². The van der Waals surface area contributed by atoms with Crippen LogP contribution >= 0.6 is 12.4 Å². The van der Waals surface area contributed by atoms with E-state index in [0.29, 0.717) is 31.1 Å². The van der Waals surface area contributed by atoms with Crippen LogP contribution in [-0.4, -0.2) is 52.6 Å². The Hall–Kier alpha value is -1.04. The summed E-state index contributed by atoms with van der Waals surface area (Å²) in [5.74, 6) is 0.791. The van der Waals surface area contributed by atoms with E-state index in [-0.39, 0.29) is 68.8 Å². The first-order chi connectivity index (χ1) is 19.8. The second kappa shape index (κ2) is 10.5. The number of allylic oxidation sites excluding steroid dienone is 2. The molecule has 5 nitrogen and oxygen atoms in total. The van der Waals surface area contributed by atoms with Crippen molar-refractivity contribution in [1.29, 1.82) is 0 Å². The summed E-state index contributed by atoms with van der Waals surface area (Å²) in [7, 11) is 2.16. The molecule has 6 aliphatic rings. The molecular formula is C38H60ClNO4. The lowest BCUT2D eigenvalue weighted by Crippen LogP contribution is -2.69. The fraction of sp³-hybridized carbons (Fsp3) is 0.868. The smallest absolute Gasteiger partial charge is 0.161 e. The predicted molar refractivity (Wildman–Crippen MR) is 178 cm³/mol. The number of halogens is 1. The van der Waals surface area contributed by atoms with Gasteiger partial charge in [-0.05, 0) is 131 Å². The van der Waals surface area contributed by atoms with Crippen LogP contribution in [0.3, 0.4) is 0 Å². The molecule has 6 heteroatoms. The van der Waals surface area contributed by atoms with Gasteiger partial charge in [-0.15, -0.1) is 12.4 Å². The van der Waals surface area contributed by atoms with Crippen LogP contribution in [0.5, 0.6) is 0 Å². The Bertz CT molecular complexity index is 1280. The monoisotopic (exact) mass is 629 g/mol. The summed E-state index contributed by atoms with van der Waals surface area (Å²) < 4.78 is 0. The van der Waals surface area contributed by atoms with E-state index in [2.05, 4.69) is 66.5 Å². The number of fused-ring (bicyclic) bond motifs is 7. The van der Waals surface area contributed by atoms with Crippen LogP contribution in [0.4, 0.5) is 0 Å². The maximum Gasteiger partial charge on any atom is 0.161 e. The highest BCUT2D eigenvalue weighted by atomic mass is 35.5. The number of carbonyl (C=O) groups excluding carboxylic acids is 3. The molecule has 5 fully saturated rings. The van der Waals surface area contributed by atoms with Gasteiger partial charge in [0.2, 0.25) is 0 Å². The lowest BCUT2D eigenvalue weighted by Gasteiger charge is -2.71. The fourth-order valence-corrected chi connectivity index (χ4v) is 12.7. The molecule has 0 aromatic rings. The van der Waals surface area contributed by atoms with Crippen molar-refractivity contribution in [3.8, 4) is 0 Å². The van der Waals surface area contributed by atoms with Crippen LogP contribution in [0.2, 0.25) is 0 Å². The third kappa shape index (κ3) is 4.33. The van der Waals surface area contributed by atoms with Crippen LogP contribution in [-0.2, 0) is 14.4 Å². The van der Waals surface area contributed by atoms with E-state index < -0.39 is 11.0 Å². The van der Waals surface area contributed by atoms with E-state index in [1.165, 1.54) is 18.9 Å². The molecule has 0 aromatic carbocycles. The van der Waals surface area contributed by atoms with Crippen molar-refractivity contribution in [1.82, 2.24) is 4.90 Å². The van der Waals surface area contributed by atoms with E-state index in [4.69, 9.17) is 0 Å². The highest BCUT2D eigenvalue weighted by Gasteiger charge is 2.72. The molecule has 1 N–H and O–H groups in total. The van der Waals surface area contributed by atoms with Crippen molar-refractivity contribution in [2.24, 2.45) is 50.2 Å². The summed E-state index contributed by atoms with van der Waals surface area (Å²) in [4.78, 5) is 43.8. The molecule has 0 amide bonds. The zero-order valence-electron chi connectivity index (χ0n) is 29.1. The topological polar surface area (TPSA) is 74.7 Å². The molecule has 0 bridgehead atoms. The second-order valence-corrected chi connectivity index (χ2v) is 18.3. The minimum atomic E-state index is -1.34. The van der Waals surface area contributed by atoms with Crippen LogP contribution in [0, 0.1) is 50.2 Å². The summed E-state index contributed by atoms with van der Waals surface area (Å²) in [5, 5.41) is 11.7. The first-order valence-electron chi connectivity index (χ1n) is 17.5. The van der Waals surface area contributed by atoms with Gasteiger partial charge in [-0.2, -0.15) is 0 Å². The minimum Gasteiger partial charge on any atom is -0.382 e. The molecule has 0 radical (unpaired) electrons.